The van der Waals surface area contributed by atoms with E-state index in [0.29, 0.717) is 10.2 Å². The van der Waals surface area contributed by atoms with Crippen LogP contribution in [0.25, 0.3) is 11.3 Å². The first-order valence-corrected chi connectivity index (χ1v) is 9.01. The number of benzene rings is 1. The van der Waals surface area contributed by atoms with Crippen LogP contribution in [-0.4, -0.2) is 21.6 Å². The van der Waals surface area contributed by atoms with Crippen molar-refractivity contribution in [1.29, 1.82) is 0 Å². The molecule has 3 aromatic rings. The lowest BCUT2D eigenvalue weighted by Crippen LogP contribution is -2.13. The van der Waals surface area contributed by atoms with Gasteiger partial charge in [-0.1, -0.05) is 47.6 Å². The largest absolute Gasteiger partial charge is 0.301 e. The van der Waals surface area contributed by atoms with Gasteiger partial charge in [0.25, 0.3) is 0 Å². The lowest BCUT2D eigenvalue weighted by atomic mass is 10.2. The van der Waals surface area contributed by atoms with Crippen LogP contribution in [0, 0.1) is 0 Å². The number of pyridine rings is 1. The maximum absolute atomic E-state index is 12.0. The molecule has 0 aliphatic rings. The first kappa shape index (κ1) is 16.0. The molecular formula is C16H12ClN3OS2. The van der Waals surface area contributed by atoms with Crippen LogP contribution < -0.4 is 5.32 Å². The summed E-state index contributed by atoms with van der Waals surface area (Å²) in [4.78, 5) is 20.6. The summed E-state index contributed by atoms with van der Waals surface area (Å²) in [5, 5.41) is 6.70. The highest BCUT2D eigenvalue weighted by Crippen LogP contribution is 2.30. The van der Waals surface area contributed by atoms with E-state index in [0.717, 1.165) is 16.3 Å². The summed E-state index contributed by atoms with van der Waals surface area (Å²) in [6, 6.07) is 13.1. The van der Waals surface area contributed by atoms with Crippen LogP contribution >= 0.6 is 34.7 Å². The SMILES string of the molecule is O=C(CSc1ccccn1)Nc1nc(-c2ccccc2Cl)cs1. The van der Waals surface area contributed by atoms with Crippen LogP contribution in [0.4, 0.5) is 5.13 Å². The minimum absolute atomic E-state index is 0.110. The third kappa shape index (κ3) is 4.31. The number of amides is 1. The van der Waals surface area contributed by atoms with Gasteiger partial charge in [0.05, 0.1) is 16.5 Å². The number of hydrogen-bond acceptors (Lipinski definition) is 5. The number of anilines is 1. The maximum atomic E-state index is 12.0. The fourth-order valence-electron chi connectivity index (χ4n) is 1.85. The van der Waals surface area contributed by atoms with E-state index >= 15 is 0 Å². The Balaban J connectivity index is 1.61. The number of hydrogen-bond donors (Lipinski definition) is 1. The summed E-state index contributed by atoms with van der Waals surface area (Å²) in [5.41, 5.74) is 1.61. The predicted molar refractivity (Wildman–Crippen MR) is 96.2 cm³/mol. The highest BCUT2D eigenvalue weighted by atomic mass is 35.5. The van der Waals surface area contributed by atoms with Crippen LogP contribution in [0.15, 0.2) is 59.1 Å². The second kappa shape index (κ2) is 7.59. The standard InChI is InChI=1S/C16H12ClN3OS2/c17-12-6-2-1-5-11(12)13-9-23-16(19-13)20-14(21)10-22-15-7-3-4-8-18-15/h1-9H,10H2,(H,19,20,21). The fraction of sp³-hybridized carbons (Fsp3) is 0.0625. The number of carbonyl (C=O) groups is 1. The smallest absolute Gasteiger partial charge is 0.236 e. The second-order valence-electron chi connectivity index (χ2n) is 4.52. The van der Waals surface area contributed by atoms with Crippen molar-refractivity contribution >= 4 is 45.7 Å². The van der Waals surface area contributed by atoms with Crippen molar-refractivity contribution in [2.24, 2.45) is 0 Å². The molecule has 0 saturated carbocycles. The Kier molecular flexibility index (Phi) is 5.27. The first-order valence-electron chi connectivity index (χ1n) is 6.76. The molecule has 3 rings (SSSR count). The van der Waals surface area contributed by atoms with Crippen molar-refractivity contribution in [2.75, 3.05) is 11.1 Å². The molecule has 0 aliphatic heterocycles. The normalized spacial score (nSPS) is 10.5. The molecule has 0 aliphatic carbocycles. The Bertz CT molecular complexity index is 808. The monoisotopic (exact) mass is 361 g/mol. The summed E-state index contributed by atoms with van der Waals surface area (Å²) in [7, 11) is 0. The van der Waals surface area contributed by atoms with Crippen LogP contribution in [0.3, 0.4) is 0 Å². The highest BCUT2D eigenvalue weighted by Gasteiger charge is 2.10. The van der Waals surface area contributed by atoms with E-state index in [9.17, 15) is 4.79 Å². The summed E-state index contributed by atoms with van der Waals surface area (Å²) in [6.07, 6.45) is 1.71. The van der Waals surface area contributed by atoms with Gasteiger partial charge in [-0.25, -0.2) is 9.97 Å². The van der Waals surface area contributed by atoms with Gasteiger partial charge in [0.2, 0.25) is 5.91 Å². The first-order chi connectivity index (χ1) is 11.2. The van der Waals surface area contributed by atoms with Gasteiger partial charge in [-0.05, 0) is 18.2 Å². The molecule has 7 heteroatoms. The number of thioether (sulfide) groups is 1. The average molecular weight is 362 g/mol. The lowest BCUT2D eigenvalue weighted by Gasteiger charge is -2.02. The number of rotatable bonds is 5. The molecule has 1 amide bonds. The van der Waals surface area contributed by atoms with Gasteiger partial charge in [-0.2, -0.15) is 0 Å². The predicted octanol–water partition coefficient (Wildman–Crippen LogP) is 4.59. The Morgan fingerprint density at radius 2 is 2.04 bits per heavy atom. The van der Waals surface area contributed by atoms with E-state index < -0.39 is 0 Å². The van der Waals surface area contributed by atoms with Gasteiger partial charge in [-0.3, -0.25) is 4.79 Å². The summed E-state index contributed by atoms with van der Waals surface area (Å²) in [6.45, 7) is 0. The molecule has 116 valence electrons. The summed E-state index contributed by atoms with van der Waals surface area (Å²) in [5.74, 6) is 0.179. The van der Waals surface area contributed by atoms with Gasteiger partial charge >= 0.3 is 0 Å². The number of nitrogens with one attached hydrogen (secondary N) is 1. The van der Waals surface area contributed by atoms with Crippen molar-refractivity contribution < 1.29 is 4.79 Å². The Morgan fingerprint density at radius 1 is 1.22 bits per heavy atom. The van der Waals surface area contributed by atoms with E-state index in [-0.39, 0.29) is 11.7 Å². The lowest BCUT2D eigenvalue weighted by molar-refractivity contribution is -0.113. The van der Waals surface area contributed by atoms with E-state index in [1.54, 1.807) is 6.20 Å². The maximum Gasteiger partial charge on any atom is 0.236 e. The van der Waals surface area contributed by atoms with Crippen molar-refractivity contribution in [3.8, 4) is 11.3 Å². The quantitative estimate of drug-likeness (QED) is 0.675. The van der Waals surface area contributed by atoms with Crippen molar-refractivity contribution in [3.63, 3.8) is 0 Å². The van der Waals surface area contributed by atoms with E-state index in [1.165, 1.54) is 23.1 Å². The van der Waals surface area contributed by atoms with Crippen molar-refractivity contribution in [3.05, 3.63) is 59.1 Å². The van der Waals surface area contributed by atoms with Gasteiger partial charge < -0.3 is 5.32 Å². The highest BCUT2D eigenvalue weighted by molar-refractivity contribution is 7.99. The van der Waals surface area contributed by atoms with Crippen LogP contribution in [0.5, 0.6) is 0 Å². The Hall–Kier alpha value is -1.89. The van der Waals surface area contributed by atoms with Crippen LogP contribution in [-0.2, 0) is 4.79 Å². The molecule has 0 fully saturated rings. The van der Waals surface area contributed by atoms with Gasteiger partial charge in [-0.15, -0.1) is 11.3 Å². The molecule has 0 radical (unpaired) electrons. The molecule has 23 heavy (non-hydrogen) atoms. The third-order valence-corrected chi connectivity index (χ3v) is 4.92. The second-order valence-corrected chi connectivity index (χ2v) is 6.78. The molecule has 2 heterocycles. The van der Waals surface area contributed by atoms with Crippen LogP contribution in [0.2, 0.25) is 5.02 Å². The molecule has 0 bridgehead atoms. The van der Waals surface area contributed by atoms with E-state index in [2.05, 4.69) is 15.3 Å². The average Bonchev–Trinajstić information content (AvgIpc) is 3.02. The third-order valence-electron chi connectivity index (χ3n) is 2.89. The molecule has 2 aromatic heterocycles. The Labute approximate surface area is 146 Å². The van der Waals surface area contributed by atoms with E-state index in [1.807, 2.05) is 47.8 Å². The molecule has 1 N–H and O–H groups in total. The van der Waals surface area contributed by atoms with E-state index in [4.69, 9.17) is 11.6 Å². The zero-order valence-electron chi connectivity index (χ0n) is 11.9. The molecule has 0 atom stereocenters. The minimum Gasteiger partial charge on any atom is -0.301 e. The van der Waals surface area contributed by atoms with Crippen LogP contribution in [0.1, 0.15) is 0 Å². The van der Waals surface area contributed by atoms with Crippen molar-refractivity contribution in [1.82, 2.24) is 9.97 Å². The minimum atomic E-state index is -0.110. The zero-order chi connectivity index (χ0) is 16.1. The molecule has 4 nitrogen and oxygen atoms in total. The van der Waals surface area contributed by atoms with Crippen molar-refractivity contribution in [2.45, 2.75) is 5.03 Å². The molecule has 0 spiro atoms. The fourth-order valence-corrected chi connectivity index (χ4v) is 3.47. The topological polar surface area (TPSA) is 54.9 Å². The zero-order valence-corrected chi connectivity index (χ0v) is 14.3. The van der Waals surface area contributed by atoms with Gasteiger partial charge in [0.15, 0.2) is 5.13 Å². The number of thiazole rings is 1. The molecular weight excluding hydrogens is 350 g/mol. The number of nitrogens with zero attached hydrogens (tertiary/aromatic N) is 2. The molecule has 0 unspecified atom stereocenters. The van der Waals surface area contributed by atoms with Gasteiger partial charge in [0, 0.05) is 22.2 Å². The molecule has 0 saturated heterocycles. The Morgan fingerprint density at radius 3 is 2.83 bits per heavy atom. The summed E-state index contributed by atoms with van der Waals surface area (Å²) >= 11 is 8.92. The molecule has 1 aromatic carbocycles. The number of carbonyl (C=O) groups excluding carboxylic acids is 1. The number of aromatic nitrogens is 2. The van der Waals surface area contributed by atoms with Gasteiger partial charge in [0.1, 0.15) is 0 Å². The number of halogens is 1. The summed E-state index contributed by atoms with van der Waals surface area (Å²) < 4.78 is 0.